The minimum atomic E-state index is -1.65. The lowest BCUT2D eigenvalue weighted by molar-refractivity contribution is -0.125. The Morgan fingerprint density at radius 3 is 2.64 bits per heavy atom. The number of nitrogen functional groups attached to an aromatic ring is 1. The molecule has 0 spiro atoms. The fourth-order valence-electron chi connectivity index (χ4n) is 5.75. The smallest absolute Gasteiger partial charge is 0.262 e. The number of nitrogens with two attached hydrogens (primary N) is 3. The molecule has 0 radical (unpaired) electrons. The second kappa shape index (κ2) is 10.6. The Balaban J connectivity index is 1.39. The number of ether oxygens (including phenoxy) is 1. The van der Waals surface area contributed by atoms with Gasteiger partial charge in [0.2, 0.25) is 5.91 Å². The van der Waals surface area contributed by atoms with Crippen molar-refractivity contribution in [2.75, 3.05) is 18.8 Å². The zero-order chi connectivity index (χ0) is 29.8. The van der Waals surface area contributed by atoms with Crippen LogP contribution in [-0.2, 0) is 15.1 Å². The van der Waals surface area contributed by atoms with Crippen LogP contribution in [0.4, 0.5) is 5.69 Å². The summed E-state index contributed by atoms with van der Waals surface area (Å²) in [6.07, 6.45) is 1.85. The SMILES string of the molecule is C=CC(=O)N1CCC(NC(=O)c2sc3c(N)ccc4c3c2C(N)C(=O)C4(N)c2ccc(Oc3ccccc3)c(Cl)c2)C1. The molecule has 3 unspecified atom stereocenters. The predicted octanol–water partition coefficient (Wildman–Crippen LogP) is 4.23. The molecule has 2 aliphatic rings. The summed E-state index contributed by atoms with van der Waals surface area (Å²) in [7, 11) is 0. The van der Waals surface area contributed by atoms with Crippen LogP contribution in [-0.4, -0.2) is 41.6 Å². The first-order valence-electron chi connectivity index (χ1n) is 13.3. The number of carbonyl (C=O) groups is 3. The summed E-state index contributed by atoms with van der Waals surface area (Å²) in [4.78, 5) is 41.5. The number of ketones is 1. The molecule has 42 heavy (non-hydrogen) atoms. The second-order valence-electron chi connectivity index (χ2n) is 10.4. The summed E-state index contributed by atoms with van der Waals surface area (Å²) >= 11 is 7.79. The van der Waals surface area contributed by atoms with E-state index in [0.717, 1.165) is 0 Å². The van der Waals surface area contributed by atoms with Gasteiger partial charge in [-0.1, -0.05) is 48.5 Å². The van der Waals surface area contributed by atoms with Gasteiger partial charge < -0.3 is 32.2 Å². The van der Waals surface area contributed by atoms with Gasteiger partial charge in [0.1, 0.15) is 17.0 Å². The number of likely N-dealkylation sites (tertiary alicyclic amines) is 1. The normalized spacial score (nSPS) is 21.4. The molecule has 1 saturated heterocycles. The predicted molar refractivity (Wildman–Crippen MR) is 164 cm³/mol. The Hall–Kier alpha value is -4.22. The lowest BCUT2D eigenvalue weighted by Crippen LogP contribution is -2.52. The lowest BCUT2D eigenvalue weighted by Gasteiger charge is -2.36. The molecule has 1 aromatic heterocycles. The third-order valence-corrected chi connectivity index (χ3v) is 9.44. The molecule has 4 aromatic rings. The molecule has 3 aromatic carbocycles. The van der Waals surface area contributed by atoms with Gasteiger partial charge in [0, 0.05) is 35.8 Å². The number of amides is 2. The van der Waals surface area contributed by atoms with Crippen molar-refractivity contribution in [2.24, 2.45) is 11.5 Å². The third kappa shape index (κ3) is 4.44. The Morgan fingerprint density at radius 1 is 1.17 bits per heavy atom. The van der Waals surface area contributed by atoms with Gasteiger partial charge in [-0.3, -0.25) is 14.4 Å². The maximum absolute atomic E-state index is 14.1. The molecule has 2 heterocycles. The number of nitrogens with zero attached hydrogens (tertiary/aromatic N) is 1. The van der Waals surface area contributed by atoms with Crippen molar-refractivity contribution in [3.63, 3.8) is 0 Å². The minimum Gasteiger partial charge on any atom is -0.456 e. The Bertz CT molecular complexity index is 1770. The van der Waals surface area contributed by atoms with Gasteiger partial charge in [-0.15, -0.1) is 11.3 Å². The first-order chi connectivity index (χ1) is 20.1. The summed E-state index contributed by atoms with van der Waals surface area (Å²) < 4.78 is 6.52. The highest BCUT2D eigenvalue weighted by Gasteiger charge is 2.49. The number of carbonyl (C=O) groups excluding carboxylic acids is 3. The van der Waals surface area contributed by atoms with Crippen LogP contribution in [0.2, 0.25) is 5.02 Å². The van der Waals surface area contributed by atoms with E-state index in [1.54, 1.807) is 47.4 Å². The molecule has 7 N–H and O–H groups in total. The molecular formula is C31H28ClN5O4S. The molecule has 0 saturated carbocycles. The average molecular weight is 602 g/mol. The van der Waals surface area contributed by atoms with Crippen molar-refractivity contribution in [1.82, 2.24) is 10.2 Å². The van der Waals surface area contributed by atoms with E-state index in [1.807, 2.05) is 18.2 Å². The molecule has 1 aliphatic carbocycles. The molecule has 3 atom stereocenters. The zero-order valence-corrected chi connectivity index (χ0v) is 24.0. The van der Waals surface area contributed by atoms with Gasteiger partial charge >= 0.3 is 0 Å². The van der Waals surface area contributed by atoms with Gasteiger partial charge in [0.25, 0.3) is 5.91 Å². The molecule has 214 valence electrons. The van der Waals surface area contributed by atoms with E-state index in [-0.39, 0.29) is 22.9 Å². The molecular weight excluding hydrogens is 574 g/mol. The van der Waals surface area contributed by atoms with E-state index in [1.165, 1.54) is 17.4 Å². The first kappa shape index (κ1) is 27.9. The number of Topliss-reactive ketones (excluding diaryl/α,β-unsaturated/α-hetero) is 1. The topological polar surface area (TPSA) is 154 Å². The molecule has 11 heteroatoms. The summed E-state index contributed by atoms with van der Waals surface area (Å²) in [5.74, 6) is -0.0389. The quantitative estimate of drug-likeness (QED) is 0.190. The van der Waals surface area contributed by atoms with Crippen LogP contribution in [0.25, 0.3) is 10.1 Å². The van der Waals surface area contributed by atoms with Crippen LogP contribution in [0.15, 0.2) is 73.3 Å². The van der Waals surface area contributed by atoms with Crippen molar-refractivity contribution in [3.05, 3.63) is 99.9 Å². The van der Waals surface area contributed by atoms with Gasteiger partial charge in [-0.2, -0.15) is 0 Å². The Morgan fingerprint density at radius 2 is 1.93 bits per heavy atom. The summed E-state index contributed by atoms with van der Waals surface area (Å²) in [5, 5.41) is 3.86. The maximum atomic E-state index is 14.1. The zero-order valence-electron chi connectivity index (χ0n) is 22.4. The minimum absolute atomic E-state index is 0.187. The first-order valence-corrected chi connectivity index (χ1v) is 14.5. The van der Waals surface area contributed by atoms with Crippen LogP contribution in [0.3, 0.4) is 0 Å². The number of halogens is 1. The van der Waals surface area contributed by atoms with Crippen molar-refractivity contribution < 1.29 is 19.1 Å². The lowest BCUT2D eigenvalue weighted by atomic mass is 9.70. The molecule has 6 rings (SSSR count). The van der Waals surface area contributed by atoms with Crippen molar-refractivity contribution >= 4 is 56.3 Å². The van der Waals surface area contributed by atoms with E-state index in [2.05, 4.69) is 11.9 Å². The second-order valence-corrected chi connectivity index (χ2v) is 11.8. The van der Waals surface area contributed by atoms with Crippen LogP contribution < -0.4 is 27.3 Å². The van der Waals surface area contributed by atoms with E-state index in [0.29, 0.717) is 68.4 Å². The highest BCUT2D eigenvalue weighted by Crippen LogP contribution is 2.50. The fraction of sp³-hybridized carbons (Fsp3) is 0.194. The fourth-order valence-corrected chi connectivity index (χ4v) is 7.17. The van der Waals surface area contributed by atoms with Gasteiger partial charge in [-0.25, -0.2) is 0 Å². The standard InChI is InChI=1S/C31H28ClN5O4S/c1-2-23(38)37-13-12-17(15-37)36-30(40)28-25-24-19(9-10-21(33)27(24)42-28)31(35,29(39)26(25)34)16-8-11-22(20(32)14-16)41-18-6-4-3-5-7-18/h2-11,14,17,26H,1,12-13,15,33-35H2,(H,36,40). The summed E-state index contributed by atoms with van der Waals surface area (Å²) in [6, 6.07) is 16.1. The van der Waals surface area contributed by atoms with E-state index in [4.69, 9.17) is 33.5 Å². The molecule has 0 bridgehead atoms. The summed E-state index contributed by atoms with van der Waals surface area (Å²) in [5.41, 5.74) is 20.0. The van der Waals surface area contributed by atoms with E-state index in [9.17, 15) is 14.4 Å². The number of benzene rings is 3. The van der Waals surface area contributed by atoms with Crippen molar-refractivity contribution in [2.45, 2.75) is 24.0 Å². The molecule has 1 fully saturated rings. The Labute approximate surface area is 250 Å². The van der Waals surface area contributed by atoms with Crippen LogP contribution >= 0.6 is 22.9 Å². The summed E-state index contributed by atoms with van der Waals surface area (Å²) in [6.45, 7) is 4.40. The van der Waals surface area contributed by atoms with Crippen LogP contribution in [0.5, 0.6) is 11.5 Å². The van der Waals surface area contributed by atoms with Gasteiger partial charge in [0.05, 0.1) is 20.6 Å². The molecule has 1 aliphatic heterocycles. The monoisotopic (exact) mass is 601 g/mol. The number of anilines is 1. The number of rotatable bonds is 6. The number of hydrogen-bond donors (Lipinski definition) is 4. The van der Waals surface area contributed by atoms with E-state index < -0.39 is 17.4 Å². The third-order valence-electron chi connectivity index (χ3n) is 7.89. The number of hydrogen-bond acceptors (Lipinski definition) is 8. The molecule has 2 amide bonds. The Kier molecular flexibility index (Phi) is 7.02. The van der Waals surface area contributed by atoms with Crippen molar-refractivity contribution in [1.29, 1.82) is 0 Å². The van der Waals surface area contributed by atoms with Gasteiger partial charge in [-0.05, 0) is 54.0 Å². The maximum Gasteiger partial charge on any atom is 0.262 e. The average Bonchev–Trinajstić information content (AvgIpc) is 3.63. The number of thiophene rings is 1. The van der Waals surface area contributed by atoms with E-state index >= 15 is 0 Å². The molecule has 9 nitrogen and oxygen atoms in total. The largest absolute Gasteiger partial charge is 0.456 e. The van der Waals surface area contributed by atoms with Crippen molar-refractivity contribution in [3.8, 4) is 11.5 Å². The number of nitrogens with one attached hydrogen (secondary N) is 1. The highest BCUT2D eigenvalue weighted by molar-refractivity contribution is 7.21. The van der Waals surface area contributed by atoms with Gasteiger partial charge in [0.15, 0.2) is 5.78 Å². The number of para-hydroxylation sites is 1. The highest BCUT2D eigenvalue weighted by atomic mass is 35.5. The van der Waals surface area contributed by atoms with Crippen LogP contribution in [0.1, 0.15) is 38.8 Å². The van der Waals surface area contributed by atoms with Crippen LogP contribution in [0, 0.1) is 0 Å².